The molecule has 0 radical (unpaired) electrons. The van der Waals surface area contributed by atoms with Crippen LogP contribution in [0.25, 0.3) is 99.2 Å². The number of benzene rings is 10. The third kappa shape index (κ3) is 5.98. The van der Waals surface area contributed by atoms with Gasteiger partial charge >= 0.3 is 0 Å². The van der Waals surface area contributed by atoms with Crippen LogP contribution in [-0.4, -0.2) is 0 Å². The van der Waals surface area contributed by atoms with Crippen LogP contribution in [0, 0.1) is 0 Å². The Bertz CT molecular complexity index is 3580. The summed E-state index contributed by atoms with van der Waals surface area (Å²) in [5.74, 6) is 0. The van der Waals surface area contributed by atoms with Gasteiger partial charge in [-0.2, -0.15) is 0 Å². The van der Waals surface area contributed by atoms with Gasteiger partial charge in [-0.3, -0.25) is 0 Å². The molecule has 3 nitrogen and oxygen atoms in total. The molecule has 12 rings (SSSR count). The molecule has 0 aliphatic heterocycles. The lowest BCUT2D eigenvalue weighted by Crippen LogP contribution is -2.10. The number of anilines is 3. The molecule has 0 aliphatic rings. The largest absolute Gasteiger partial charge is 0.455 e. The van der Waals surface area contributed by atoms with Gasteiger partial charge in [0.15, 0.2) is 0 Å². The van der Waals surface area contributed by atoms with Crippen molar-refractivity contribution < 1.29 is 8.83 Å². The monoisotopic (exact) mass is 779 g/mol. The molecule has 0 fully saturated rings. The van der Waals surface area contributed by atoms with Crippen LogP contribution < -0.4 is 4.90 Å². The van der Waals surface area contributed by atoms with Crippen LogP contribution in [0.2, 0.25) is 0 Å². The normalized spacial score (nSPS) is 11.6. The number of fused-ring (bicyclic) bond motifs is 7. The Labute approximate surface area is 353 Å². The maximum Gasteiger partial charge on any atom is 0.143 e. The second kappa shape index (κ2) is 14.3. The van der Waals surface area contributed by atoms with E-state index in [0.717, 1.165) is 105 Å². The van der Waals surface area contributed by atoms with E-state index >= 15 is 0 Å². The molecule has 0 N–H and O–H groups in total. The van der Waals surface area contributed by atoms with Crippen molar-refractivity contribution in [3.63, 3.8) is 0 Å². The molecular weight excluding hydrogens is 743 g/mol. The van der Waals surface area contributed by atoms with E-state index < -0.39 is 0 Å². The Morgan fingerprint density at radius 2 is 0.770 bits per heavy atom. The number of nitrogens with zero attached hydrogens (tertiary/aromatic N) is 1. The van der Waals surface area contributed by atoms with E-state index in [1.54, 1.807) is 0 Å². The molecule has 286 valence electrons. The molecule has 10 aromatic carbocycles. The van der Waals surface area contributed by atoms with E-state index in [9.17, 15) is 0 Å². The Hall–Kier alpha value is -8.14. The lowest BCUT2D eigenvalue weighted by molar-refractivity contribution is 0.670. The quantitative estimate of drug-likeness (QED) is 0.161. The summed E-state index contributed by atoms with van der Waals surface area (Å²) in [5.41, 5.74) is 15.7. The highest BCUT2D eigenvalue weighted by Crippen LogP contribution is 2.43. The fourth-order valence-electron chi connectivity index (χ4n) is 9.09. The van der Waals surface area contributed by atoms with E-state index in [2.05, 4.69) is 217 Å². The standard InChI is InChI=1S/C58H37NO2/c1-3-14-40(15-4-1)48-21-11-26-53-54-37-43(30-34-55(54)60-56(48)53)39-27-31-45(32-28-39)59(47-33-29-38-13-7-8-18-42(38)35-47)46-20-9-19-44(36-46)50-23-12-25-52-51-24-10-22-49(57(51)61-58(50)52)41-16-5-2-6-17-41/h1-37H. The second-order valence-electron chi connectivity index (χ2n) is 15.7. The zero-order chi connectivity index (χ0) is 40.3. The van der Waals surface area contributed by atoms with Gasteiger partial charge in [0.25, 0.3) is 0 Å². The maximum absolute atomic E-state index is 6.85. The summed E-state index contributed by atoms with van der Waals surface area (Å²) >= 11 is 0. The van der Waals surface area contributed by atoms with Gasteiger partial charge in [-0.1, -0.05) is 176 Å². The van der Waals surface area contributed by atoms with Gasteiger partial charge in [-0.25, -0.2) is 0 Å². The fraction of sp³-hybridized carbons (Fsp3) is 0. The molecule has 0 aliphatic carbocycles. The molecule has 0 atom stereocenters. The SMILES string of the molecule is c1ccc(-c2cccc3c2oc2ccc(-c4ccc(N(c5cccc(-c6cccc7c6oc6c(-c8ccccc8)cccc67)c5)c5ccc6ccccc6c5)cc4)cc23)cc1. The third-order valence-electron chi connectivity index (χ3n) is 12.1. The highest BCUT2D eigenvalue weighted by atomic mass is 16.3. The number of hydrogen-bond acceptors (Lipinski definition) is 3. The molecule has 0 amide bonds. The van der Waals surface area contributed by atoms with Crippen LogP contribution in [0.4, 0.5) is 17.1 Å². The van der Waals surface area contributed by atoms with Gasteiger partial charge in [0.1, 0.15) is 22.3 Å². The molecular formula is C58H37NO2. The van der Waals surface area contributed by atoms with Crippen LogP contribution in [0.3, 0.4) is 0 Å². The second-order valence-corrected chi connectivity index (χ2v) is 15.7. The van der Waals surface area contributed by atoms with Crippen molar-refractivity contribution in [1.82, 2.24) is 0 Å². The number of rotatable bonds is 7. The van der Waals surface area contributed by atoms with Gasteiger partial charge < -0.3 is 13.7 Å². The Morgan fingerprint density at radius 1 is 0.262 bits per heavy atom. The minimum Gasteiger partial charge on any atom is -0.455 e. The summed E-state index contributed by atoms with van der Waals surface area (Å²) < 4.78 is 13.3. The van der Waals surface area contributed by atoms with E-state index in [-0.39, 0.29) is 0 Å². The van der Waals surface area contributed by atoms with E-state index in [1.165, 1.54) is 10.8 Å². The highest BCUT2D eigenvalue weighted by molar-refractivity contribution is 6.13. The Morgan fingerprint density at radius 3 is 1.44 bits per heavy atom. The van der Waals surface area contributed by atoms with E-state index in [4.69, 9.17) is 8.83 Å². The van der Waals surface area contributed by atoms with Crippen LogP contribution in [0.5, 0.6) is 0 Å². The van der Waals surface area contributed by atoms with Crippen molar-refractivity contribution in [3.8, 4) is 44.5 Å². The first-order chi connectivity index (χ1) is 30.2. The maximum atomic E-state index is 6.85. The molecule has 0 saturated heterocycles. The zero-order valence-electron chi connectivity index (χ0n) is 33.1. The molecule has 0 saturated carbocycles. The minimum absolute atomic E-state index is 0.885. The Kier molecular flexibility index (Phi) is 8.17. The van der Waals surface area contributed by atoms with Crippen molar-refractivity contribution in [3.05, 3.63) is 224 Å². The summed E-state index contributed by atoms with van der Waals surface area (Å²) in [6.07, 6.45) is 0. The zero-order valence-corrected chi connectivity index (χ0v) is 33.1. The topological polar surface area (TPSA) is 29.5 Å². The van der Waals surface area contributed by atoms with Gasteiger partial charge in [0, 0.05) is 55.3 Å². The number of para-hydroxylation sites is 3. The number of hydrogen-bond donors (Lipinski definition) is 0. The first-order valence-corrected chi connectivity index (χ1v) is 20.7. The van der Waals surface area contributed by atoms with Gasteiger partial charge in [-0.15, -0.1) is 0 Å². The van der Waals surface area contributed by atoms with Gasteiger partial charge in [0.2, 0.25) is 0 Å². The summed E-state index contributed by atoms with van der Waals surface area (Å²) in [5, 5.41) is 6.85. The van der Waals surface area contributed by atoms with Crippen LogP contribution >= 0.6 is 0 Å². The van der Waals surface area contributed by atoms with Crippen LogP contribution in [0.15, 0.2) is 233 Å². The van der Waals surface area contributed by atoms with Gasteiger partial charge in [-0.05, 0) is 87.1 Å². The van der Waals surface area contributed by atoms with E-state index in [1.807, 2.05) is 12.1 Å². The summed E-state index contributed by atoms with van der Waals surface area (Å²) in [6.45, 7) is 0. The van der Waals surface area contributed by atoms with Gasteiger partial charge in [0.05, 0.1) is 0 Å². The molecule has 2 aromatic heterocycles. The summed E-state index contributed by atoms with van der Waals surface area (Å²) in [6, 6.07) is 79.8. The van der Waals surface area contributed by atoms with Crippen LogP contribution in [0.1, 0.15) is 0 Å². The third-order valence-corrected chi connectivity index (χ3v) is 12.1. The molecule has 0 bridgehead atoms. The lowest BCUT2D eigenvalue weighted by atomic mass is 9.99. The first kappa shape index (κ1) is 34.9. The fourth-order valence-corrected chi connectivity index (χ4v) is 9.09. The van der Waals surface area contributed by atoms with Crippen molar-refractivity contribution in [2.75, 3.05) is 4.90 Å². The van der Waals surface area contributed by atoms with Crippen molar-refractivity contribution in [2.45, 2.75) is 0 Å². The molecule has 2 heterocycles. The molecule has 12 aromatic rings. The first-order valence-electron chi connectivity index (χ1n) is 20.7. The molecule has 61 heavy (non-hydrogen) atoms. The summed E-state index contributed by atoms with van der Waals surface area (Å²) in [4.78, 5) is 2.35. The van der Waals surface area contributed by atoms with Crippen molar-refractivity contribution in [1.29, 1.82) is 0 Å². The van der Waals surface area contributed by atoms with Crippen molar-refractivity contribution in [2.24, 2.45) is 0 Å². The minimum atomic E-state index is 0.885. The average molecular weight is 780 g/mol. The van der Waals surface area contributed by atoms with Crippen LogP contribution in [-0.2, 0) is 0 Å². The molecule has 0 unspecified atom stereocenters. The molecule has 3 heteroatoms. The predicted octanol–water partition coefficient (Wildman–Crippen LogP) is 16.8. The van der Waals surface area contributed by atoms with E-state index in [0.29, 0.717) is 0 Å². The Balaban J connectivity index is 0.957. The highest BCUT2D eigenvalue weighted by Gasteiger charge is 2.19. The smallest absolute Gasteiger partial charge is 0.143 e. The molecule has 0 spiro atoms. The predicted molar refractivity (Wildman–Crippen MR) is 255 cm³/mol. The van der Waals surface area contributed by atoms with Crippen molar-refractivity contribution >= 4 is 71.7 Å². The summed E-state index contributed by atoms with van der Waals surface area (Å²) in [7, 11) is 0. The lowest BCUT2D eigenvalue weighted by Gasteiger charge is -2.26. The average Bonchev–Trinajstić information content (AvgIpc) is 3.91. The number of furan rings is 2.